The van der Waals surface area contributed by atoms with Gasteiger partial charge in [-0.25, -0.2) is 0 Å². The fourth-order valence-corrected chi connectivity index (χ4v) is 2.54. The van der Waals surface area contributed by atoms with Crippen molar-refractivity contribution in [3.05, 3.63) is 82.0 Å². The van der Waals surface area contributed by atoms with E-state index in [0.29, 0.717) is 6.54 Å². The molecule has 1 heterocycles. The molecular weight excluding hydrogens is 338 g/mol. The molecule has 0 aliphatic carbocycles. The molecule has 0 aliphatic heterocycles. The predicted molar refractivity (Wildman–Crippen MR) is 105 cm³/mol. The highest BCUT2D eigenvalue weighted by Gasteiger charge is 2.02. The lowest BCUT2D eigenvalue weighted by Crippen LogP contribution is -1.94. The number of non-ortho nitro benzene ring substituents is 1. The fourth-order valence-electron chi connectivity index (χ4n) is 2.54. The van der Waals surface area contributed by atoms with Gasteiger partial charge in [0.15, 0.2) is 0 Å². The minimum atomic E-state index is -0.401. The maximum Gasteiger partial charge on any atom is 0.269 e. The molecule has 25 heavy (non-hydrogen) atoms. The number of fused-ring (bicyclic) bond motifs is 1. The summed E-state index contributed by atoms with van der Waals surface area (Å²) in [5, 5.41) is 11.8. The third kappa shape index (κ3) is 4.33. The summed E-state index contributed by atoms with van der Waals surface area (Å²) in [7, 11) is 2.02. The van der Waals surface area contributed by atoms with E-state index in [1.807, 2.05) is 37.5 Å². The van der Waals surface area contributed by atoms with Gasteiger partial charge in [0.2, 0.25) is 0 Å². The van der Waals surface area contributed by atoms with Crippen LogP contribution in [0.5, 0.6) is 0 Å². The summed E-state index contributed by atoms with van der Waals surface area (Å²) in [6.07, 6.45) is 5.70. The highest BCUT2D eigenvalue weighted by atomic mass is 35.5. The first-order valence-corrected chi connectivity index (χ1v) is 7.60. The van der Waals surface area contributed by atoms with Gasteiger partial charge in [-0.2, -0.15) is 0 Å². The molecule has 5 nitrogen and oxygen atoms in total. The van der Waals surface area contributed by atoms with Crippen molar-refractivity contribution in [1.82, 2.24) is 4.57 Å². The largest absolute Gasteiger partial charge is 0.343 e. The van der Waals surface area contributed by atoms with E-state index in [-0.39, 0.29) is 18.1 Å². The number of aryl methyl sites for hydroxylation is 1. The number of nitro groups is 1. The molecule has 0 radical (unpaired) electrons. The van der Waals surface area contributed by atoms with Gasteiger partial charge in [0.25, 0.3) is 5.69 Å². The van der Waals surface area contributed by atoms with Crippen molar-refractivity contribution in [2.24, 2.45) is 12.0 Å². The van der Waals surface area contributed by atoms with Crippen LogP contribution in [0.2, 0.25) is 0 Å². The Bertz CT molecular complexity index is 927. The number of nitrogens with zero attached hydrogens (tertiary/aromatic N) is 3. The van der Waals surface area contributed by atoms with Crippen LogP contribution in [0.3, 0.4) is 0 Å². The summed E-state index contributed by atoms with van der Waals surface area (Å²) in [5.74, 6) is 0. The number of nitro benzene ring substituents is 1. The van der Waals surface area contributed by atoms with E-state index in [2.05, 4.69) is 27.8 Å². The van der Waals surface area contributed by atoms with Crippen LogP contribution in [-0.4, -0.2) is 22.2 Å². The van der Waals surface area contributed by atoms with Gasteiger partial charge < -0.3 is 4.57 Å². The number of rotatable bonds is 5. The SMILES string of the molecule is Cl.Cn1c(C=NC/C=C/c2ccc([N+](=O)[O-])cc2)cc2ccccc21. The van der Waals surface area contributed by atoms with Crippen LogP contribution in [0.15, 0.2) is 65.7 Å². The maximum absolute atomic E-state index is 10.6. The van der Waals surface area contributed by atoms with Crippen LogP contribution < -0.4 is 0 Å². The van der Waals surface area contributed by atoms with Gasteiger partial charge in [-0.05, 0) is 29.8 Å². The number of hydrogen-bond donors (Lipinski definition) is 0. The molecule has 0 amide bonds. The second-order valence-corrected chi connectivity index (χ2v) is 5.43. The van der Waals surface area contributed by atoms with Crippen molar-refractivity contribution in [3.8, 4) is 0 Å². The van der Waals surface area contributed by atoms with Crippen molar-refractivity contribution in [3.63, 3.8) is 0 Å². The van der Waals surface area contributed by atoms with Crippen LogP contribution in [0.4, 0.5) is 5.69 Å². The van der Waals surface area contributed by atoms with Gasteiger partial charge in [-0.15, -0.1) is 12.4 Å². The Morgan fingerprint density at radius 3 is 2.56 bits per heavy atom. The van der Waals surface area contributed by atoms with E-state index < -0.39 is 4.92 Å². The van der Waals surface area contributed by atoms with Gasteiger partial charge in [0.05, 0.1) is 17.2 Å². The topological polar surface area (TPSA) is 60.4 Å². The van der Waals surface area contributed by atoms with Crippen molar-refractivity contribution in [2.75, 3.05) is 6.54 Å². The second kappa shape index (κ2) is 8.26. The molecule has 2 aromatic carbocycles. The average molecular weight is 356 g/mol. The predicted octanol–water partition coefficient (Wildman–Crippen LogP) is 4.64. The van der Waals surface area contributed by atoms with E-state index >= 15 is 0 Å². The highest BCUT2D eigenvalue weighted by molar-refractivity contribution is 5.90. The lowest BCUT2D eigenvalue weighted by atomic mass is 10.2. The van der Waals surface area contributed by atoms with Crippen molar-refractivity contribution >= 4 is 41.3 Å². The molecule has 0 spiro atoms. The Kier molecular flexibility index (Phi) is 6.08. The highest BCUT2D eigenvalue weighted by Crippen LogP contribution is 2.17. The van der Waals surface area contributed by atoms with Crippen LogP contribution in [0.1, 0.15) is 11.3 Å². The van der Waals surface area contributed by atoms with Gasteiger partial charge in [0, 0.05) is 36.3 Å². The molecule has 1 aromatic heterocycles. The minimum Gasteiger partial charge on any atom is -0.343 e. The number of hydrogen-bond acceptors (Lipinski definition) is 3. The summed E-state index contributed by atoms with van der Waals surface area (Å²) in [6, 6.07) is 16.8. The molecule has 0 fully saturated rings. The number of aromatic nitrogens is 1. The fraction of sp³-hybridized carbons (Fsp3) is 0.105. The standard InChI is InChI=1S/C19H17N3O2.ClH/c1-21-18(13-16-6-2-3-7-19(16)21)14-20-12-4-5-15-8-10-17(11-9-15)22(23)24;/h2-11,13-14H,12H2,1H3;1H/b5-4+,20-14?;. The molecule has 0 bridgehead atoms. The molecule has 3 rings (SSSR count). The first-order valence-electron chi connectivity index (χ1n) is 7.60. The van der Waals surface area contributed by atoms with Gasteiger partial charge in [-0.3, -0.25) is 15.1 Å². The molecule has 0 unspecified atom stereocenters. The maximum atomic E-state index is 10.6. The Balaban J connectivity index is 0.00000225. The first kappa shape index (κ1) is 18.4. The van der Waals surface area contributed by atoms with Crippen molar-refractivity contribution in [2.45, 2.75) is 0 Å². The summed E-state index contributed by atoms with van der Waals surface area (Å²) in [5.41, 5.74) is 3.25. The smallest absolute Gasteiger partial charge is 0.269 e. The number of halogens is 1. The monoisotopic (exact) mass is 355 g/mol. The molecule has 6 heteroatoms. The van der Waals surface area contributed by atoms with E-state index in [9.17, 15) is 10.1 Å². The molecular formula is C19H18ClN3O2. The van der Waals surface area contributed by atoms with E-state index in [0.717, 1.165) is 11.3 Å². The lowest BCUT2D eigenvalue weighted by molar-refractivity contribution is -0.384. The Labute approximate surface area is 151 Å². The van der Waals surface area contributed by atoms with Crippen LogP contribution in [-0.2, 0) is 7.05 Å². The molecule has 128 valence electrons. The summed E-state index contributed by atoms with van der Waals surface area (Å²) < 4.78 is 2.11. The average Bonchev–Trinajstić information content (AvgIpc) is 2.91. The minimum absolute atomic E-state index is 0. The molecule has 0 aliphatic rings. The Morgan fingerprint density at radius 1 is 1.16 bits per heavy atom. The summed E-state index contributed by atoms with van der Waals surface area (Å²) >= 11 is 0. The second-order valence-electron chi connectivity index (χ2n) is 5.43. The zero-order valence-electron chi connectivity index (χ0n) is 13.7. The number of para-hydroxylation sites is 1. The molecule has 0 saturated heterocycles. The van der Waals surface area contributed by atoms with E-state index in [4.69, 9.17) is 0 Å². The van der Waals surface area contributed by atoms with Gasteiger partial charge in [-0.1, -0.05) is 30.4 Å². The summed E-state index contributed by atoms with van der Waals surface area (Å²) in [4.78, 5) is 14.6. The zero-order chi connectivity index (χ0) is 16.9. The van der Waals surface area contributed by atoms with Crippen LogP contribution in [0, 0.1) is 10.1 Å². The third-order valence-corrected chi connectivity index (χ3v) is 3.84. The van der Waals surface area contributed by atoms with Crippen molar-refractivity contribution in [1.29, 1.82) is 0 Å². The van der Waals surface area contributed by atoms with E-state index in [1.54, 1.807) is 12.1 Å². The van der Waals surface area contributed by atoms with Crippen LogP contribution in [0.25, 0.3) is 17.0 Å². The van der Waals surface area contributed by atoms with E-state index in [1.165, 1.54) is 23.0 Å². The number of aliphatic imine (C=N–C) groups is 1. The van der Waals surface area contributed by atoms with Gasteiger partial charge >= 0.3 is 0 Å². The quantitative estimate of drug-likeness (QED) is 0.380. The normalized spacial score (nSPS) is 11.2. The van der Waals surface area contributed by atoms with Gasteiger partial charge in [0.1, 0.15) is 0 Å². The summed E-state index contributed by atoms with van der Waals surface area (Å²) in [6.45, 7) is 0.554. The first-order chi connectivity index (χ1) is 11.6. The molecule has 0 atom stereocenters. The zero-order valence-corrected chi connectivity index (χ0v) is 14.5. The third-order valence-electron chi connectivity index (χ3n) is 3.84. The molecule has 0 saturated carbocycles. The Hall–Kier alpha value is -2.92. The molecule has 3 aromatic rings. The van der Waals surface area contributed by atoms with Crippen molar-refractivity contribution < 1.29 is 4.92 Å². The Morgan fingerprint density at radius 2 is 1.88 bits per heavy atom. The van der Waals surface area contributed by atoms with Crippen LogP contribution >= 0.6 is 12.4 Å². The number of benzene rings is 2. The lowest BCUT2D eigenvalue weighted by Gasteiger charge is -1.98. The molecule has 0 N–H and O–H groups in total.